The summed E-state index contributed by atoms with van der Waals surface area (Å²) >= 11 is 0. The molecule has 2 aromatic rings. The lowest BCUT2D eigenvalue weighted by molar-refractivity contribution is -0.120. The summed E-state index contributed by atoms with van der Waals surface area (Å²) in [5, 5.41) is 4.64. The van der Waals surface area contributed by atoms with Gasteiger partial charge in [-0.2, -0.15) is 0 Å². The minimum absolute atomic E-state index is 0.308. The van der Waals surface area contributed by atoms with Crippen molar-refractivity contribution in [3.63, 3.8) is 0 Å². The zero-order valence-electron chi connectivity index (χ0n) is 8.53. The van der Waals surface area contributed by atoms with E-state index in [0.717, 1.165) is 0 Å². The van der Waals surface area contributed by atoms with Crippen molar-refractivity contribution in [1.82, 2.24) is 20.6 Å². The van der Waals surface area contributed by atoms with Crippen LogP contribution >= 0.6 is 0 Å². The molecule has 7 heteroatoms. The first-order chi connectivity index (χ1) is 8.13. The van der Waals surface area contributed by atoms with Gasteiger partial charge in [0.2, 0.25) is 0 Å². The molecule has 1 aliphatic rings. The van der Waals surface area contributed by atoms with Crippen molar-refractivity contribution in [3.05, 3.63) is 34.2 Å². The Morgan fingerprint density at radius 2 is 1.76 bits per heavy atom. The van der Waals surface area contributed by atoms with E-state index in [4.69, 9.17) is 0 Å². The molecule has 86 valence electrons. The second kappa shape index (κ2) is 3.21. The van der Waals surface area contributed by atoms with Crippen LogP contribution in [0.4, 0.5) is 4.79 Å². The number of urea groups is 1. The number of carbonyl (C=O) groups excluding carboxylic acids is 2. The number of carbonyl (C=O) groups is 2. The molecule has 1 atom stereocenters. The van der Waals surface area contributed by atoms with Crippen LogP contribution in [0.2, 0.25) is 0 Å². The Labute approximate surface area is 94.2 Å². The van der Waals surface area contributed by atoms with Crippen molar-refractivity contribution in [2.45, 2.75) is 6.04 Å². The molecule has 3 amide bonds. The van der Waals surface area contributed by atoms with Crippen LogP contribution in [0, 0.1) is 0 Å². The number of rotatable bonds is 1. The number of imidazole rings is 1. The first-order valence-electron chi connectivity index (χ1n) is 4.97. The molecule has 0 saturated carbocycles. The van der Waals surface area contributed by atoms with E-state index < -0.39 is 18.0 Å². The van der Waals surface area contributed by atoms with Crippen molar-refractivity contribution in [1.29, 1.82) is 0 Å². The summed E-state index contributed by atoms with van der Waals surface area (Å²) in [5.74, 6) is -0.396. The summed E-state index contributed by atoms with van der Waals surface area (Å²) in [5.41, 5.74) is 1.57. The third-order valence-corrected chi connectivity index (χ3v) is 2.65. The maximum absolute atomic E-state index is 11.5. The second-order valence-corrected chi connectivity index (χ2v) is 3.78. The van der Waals surface area contributed by atoms with Gasteiger partial charge in [-0.3, -0.25) is 10.1 Å². The van der Waals surface area contributed by atoms with E-state index in [0.29, 0.717) is 16.6 Å². The number of fused-ring (bicyclic) bond motifs is 1. The number of nitrogens with one attached hydrogen (secondary N) is 4. The van der Waals surface area contributed by atoms with Gasteiger partial charge in [-0.25, -0.2) is 9.59 Å². The molecule has 1 aliphatic heterocycles. The SMILES string of the molecule is O=C1NC(=O)C(c2ccc3[nH]c(=O)[nH]c3c2)N1. The van der Waals surface area contributed by atoms with Gasteiger partial charge in [-0.15, -0.1) is 0 Å². The first kappa shape index (κ1) is 9.64. The fraction of sp³-hybridized carbons (Fsp3) is 0.100. The van der Waals surface area contributed by atoms with Crippen molar-refractivity contribution in [2.24, 2.45) is 0 Å². The molecule has 2 heterocycles. The third kappa shape index (κ3) is 1.48. The van der Waals surface area contributed by atoms with Gasteiger partial charge in [-0.1, -0.05) is 6.07 Å². The number of amides is 3. The zero-order chi connectivity index (χ0) is 12.0. The zero-order valence-corrected chi connectivity index (χ0v) is 8.53. The van der Waals surface area contributed by atoms with Crippen molar-refractivity contribution < 1.29 is 9.59 Å². The van der Waals surface area contributed by atoms with Gasteiger partial charge in [0, 0.05) is 0 Å². The van der Waals surface area contributed by atoms with Gasteiger partial charge in [0.25, 0.3) is 5.91 Å². The fourth-order valence-corrected chi connectivity index (χ4v) is 1.88. The molecule has 1 aromatic heterocycles. The lowest BCUT2D eigenvalue weighted by atomic mass is 10.1. The number of hydrogen-bond acceptors (Lipinski definition) is 3. The fourth-order valence-electron chi connectivity index (χ4n) is 1.88. The van der Waals surface area contributed by atoms with E-state index in [-0.39, 0.29) is 5.69 Å². The van der Waals surface area contributed by atoms with Crippen LogP contribution in [0.3, 0.4) is 0 Å². The maximum Gasteiger partial charge on any atom is 0.323 e. The lowest BCUT2D eigenvalue weighted by Gasteiger charge is -2.06. The molecule has 3 rings (SSSR count). The standard InChI is InChI=1S/C10H8N4O3/c15-8-7(13-10(17)14-8)4-1-2-5-6(3-4)12-9(16)11-5/h1-3,7H,(H2,11,12,16)(H2,13,14,15,17). The number of benzene rings is 1. The maximum atomic E-state index is 11.5. The van der Waals surface area contributed by atoms with E-state index in [9.17, 15) is 14.4 Å². The predicted octanol–water partition coefficient (Wildman–Crippen LogP) is -0.263. The minimum Gasteiger partial charge on any atom is -0.322 e. The normalized spacial score (nSPS) is 19.4. The van der Waals surface area contributed by atoms with Crippen LogP contribution in [0.5, 0.6) is 0 Å². The molecule has 17 heavy (non-hydrogen) atoms. The van der Waals surface area contributed by atoms with Gasteiger partial charge in [0.1, 0.15) is 6.04 Å². The highest BCUT2D eigenvalue weighted by Gasteiger charge is 2.30. The number of hydrogen-bond donors (Lipinski definition) is 4. The molecule has 0 bridgehead atoms. The summed E-state index contributed by atoms with van der Waals surface area (Å²) in [6.45, 7) is 0. The van der Waals surface area contributed by atoms with E-state index in [2.05, 4.69) is 20.6 Å². The van der Waals surface area contributed by atoms with Gasteiger partial charge in [-0.05, 0) is 17.7 Å². The van der Waals surface area contributed by atoms with E-state index >= 15 is 0 Å². The number of H-pyrrole nitrogens is 2. The van der Waals surface area contributed by atoms with Gasteiger partial charge < -0.3 is 15.3 Å². The largest absolute Gasteiger partial charge is 0.323 e. The van der Waals surface area contributed by atoms with Crippen LogP contribution in [0.25, 0.3) is 11.0 Å². The summed E-state index contributed by atoms with van der Waals surface area (Å²) in [6.07, 6.45) is 0. The van der Waals surface area contributed by atoms with Crippen LogP contribution in [0.15, 0.2) is 23.0 Å². The third-order valence-electron chi connectivity index (χ3n) is 2.65. The molecule has 1 fully saturated rings. The molecule has 7 nitrogen and oxygen atoms in total. The molecule has 1 unspecified atom stereocenters. The quantitative estimate of drug-likeness (QED) is 0.508. The Bertz CT molecular complexity index is 684. The smallest absolute Gasteiger partial charge is 0.322 e. The summed E-state index contributed by atoms with van der Waals surface area (Å²) < 4.78 is 0. The topological polar surface area (TPSA) is 107 Å². The van der Waals surface area contributed by atoms with Crippen LogP contribution in [0.1, 0.15) is 11.6 Å². The Morgan fingerprint density at radius 3 is 2.47 bits per heavy atom. The highest BCUT2D eigenvalue weighted by atomic mass is 16.2. The van der Waals surface area contributed by atoms with Crippen molar-refractivity contribution >= 4 is 23.0 Å². The molecular weight excluding hydrogens is 224 g/mol. The lowest BCUT2D eigenvalue weighted by Crippen LogP contribution is -2.22. The molecule has 0 spiro atoms. The molecule has 4 N–H and O–H groups in total. The highest BCUT2D eigenvalue weighted by molar-refractivity contribution is 6.04. The molecule has 0 radical (unpaired) electrons. The Hall–Kier alpha value is -2.57. The number of aromatic nitrogens is 2. The minimum atomic E-state index is -0.703. The van der Waals surface area contributed by atoms with Gasteiger partial charge in [0.15, 0.2) is 0 Å². The van der Waals surface area contributed by atoms with Crippen LogP contribution in [-0.2, 0) is 4.79 Å². The van der Waals surface area contributed by atoms with Gasteiger partial charge in [0.05, 0.1) is 11.0 Å². The average Bonchev–Trinajstić information content (AvgIpc) is 2.78. The van der Waals surface area contributed by atoms with Crippen molar-refractivity contribution in [3.8, 4) is 0 Å². The molecule has 0 aliphatic carbocycles. The van der Waals surface area contributed by atoms with E-state index in [1.165, 1.54) is 0 Å². The number of aromatic amines is 2. The Balaban J connectivity index is 2.08. The Morgan fingerprint density at radius 1 is 1.00 bits per heavy atom. The molecule has 1 saturated heterocycles. The molecular formula is C10H8N4O3. The summed E-state index contributed by atoms with van der Waals surface area (Å²) in [4.78, 5) is 38.7. The average molecular weight is 232 g/mol. The number of imide groups is 1. The summed E-state index contributed by atoms with van der Waals surface area (Å²) in [7, 11) is 0. The van der Waals surface area contributed by atoms with Gasteiger partial charge >= 0.3 is 11.7 Å². The first-order valence-corrected chi connectivity index (χ1v) is 4.97. The predicted molar refractivity (Wildman–Crippen MR) is 58.3 cm³/mol. The monoisotopic (exact) mass is 232 g/mol. The van der Waals surface area contributed by atoms with E-state index in [1.807, 2.05) is 0 Å². The second-order valence-electron chi connectivity index (χ2n) is 3.78. The van der Waals surface area contributed by atoms with E-state index in [1.54, 1.807) is 18.2 Å². The Kier molecular flexibility index (Phi) is 1.82. The summed E-state index contributed by atoms with van der Waals surface area (Å²) in [6, 6.07) is 3.80. The molecule has 1 aromatic carbocycles. The van der Waals surface area contributed by atoms with Crippen LogP contribution in [-0.4, -0.2) is 21.9 Å². The highest BCUT2D eigenvalue weighted by Crippen LogP contribution is 2.19. The van der Waals surface area contributed by atoms with Crippen molar-refractivity contribution in [2.75, 3.05) is 0 Å². The van der Waals surface area contributed by atoms with Crippen LogP contribution < -0.4 is 16.3 Å².